The van der Waals surface area contributed by atoms with Gasteiger partial charge in [-0.3, -0.25) is 13.9 Å². The van der Waals surface area contributed by atoms with E-state index < -0.39 is 12.1 Å². The summed E-state index contributed by atoms with van der Waals surface area (Å²) in [5, 5.41) is 11.2. The van der Waals surface area contributed by atoms with Gasteiger partial charge < -0.3 is 14.6 Å². The van der Waals surface area contributed by atoms with Crippen molar-refractivity contribution in [2.24, 2.45) is 0 Å². The van der Waals surface area contributed by atoms with E-state index in [1.165, 1.54) is 31.0 Å². The molecule has 0 aliphatic carbocycles. The molecule has 0 amide bonds. The lowest BCUT2D eigenvalue weighted by Gasteiger charge is -2.09. The lowest BCUT2D eigenvalue weighted by molar-refractivity contribution is 0.0663. The molecular formula is C21H18F2N4O4. The highest BCUT2D eigenvalue weighted by Gasteiger charge is 2.17. The van der Waals surface area contributed by atoms with Crippen LogP contribution < -0.4 is 15.0 Å². The standard InChI is InChI=1S/C21H18F2N4O4/c1-11-6-14(12-7-16(30-2)19(31-3)24-9-12)25-15-10-27(20(29)18(11)15)13-4-5-26(21(22)23)17(28)8-13/h4-10,21,29H,1-3H3. The van der Waals surface area contributed by atoms with Crippen molar-refractivity contribution in [3.8, 4) is 34.5 Å². The Morgan fingerprint density at radius 2 is 1.94 bits per heavy atom. The predicted molar refractivity (Wildman–Crippen MR) is 109 cm³/mol. The van der Waals surface area contributed by atoms with E-state index >= 15 is 0 Å². The molecule has 4 aromatic rings. The van der Waals surface area contributed by atoms with Crippen LogP contribution in [-0.4, -0.2) is 38.4 Å². The van der Waals surface area contributed by atoms with Crippen LogP contribution in [0, 0.1) is 6.92 Å². The zero-order chi connectivity index (χ0) is 22.3. The highest BCUT2D eigenvalue weighted by molar-refractivity contribution is 5.90. The Kier molecular flexibility index (Phi) is 5.05. The van der Waals surface area contributed by atoms with Crippen molar-refractivity contribution in [2.45, 2.75) is 13.5 Å². The third-order valence-corrected chi connectivity index (χ3v) is 4.90. The van der Waals surface area contributed by atoms with Crippen LogP contribution in [0.2, 0.25) is 0 Å². The second-order valence-electron chi connectivity index (χ2n) is 6.75. The molecule has 0 bridgehead atoms. The van der Waals surface area contributed by atoms with E-state index in [4.69, 9.17) is 9.47 Å². The smallest absolute Gasteiger partial charge is 0.321 e. The number of hydrogen-bond donors (Lipinski definition) is 1. The van der Waals surface area contributed by atoms with Gasteiger partial charge in [0, 0.05) is 30.2 Å². The molecule has 0 spiro atoms. The van der Waals surface area contributed by atoms with Crippen LogP contribution in [0.1, 0.15) is 12.1 Å². The van der Waals surface area contributed by atoms with Gasteiger partial charge in [0.15, 0.2) is 5.75 Å². The van der Waals surface area contributed by atoms with Gasteiger partial charge in [-0.1, -0.05) is 0 Å². The minimum Gasteiger partial charge on any atom is -0.494 e. The first-order chi connectivity index (χ1) is 14.8. The highest BCUT2D eigenvalue weighted by Crippen LogP contribution is 2.35. The Morgan fingerprint density at radius 1 is 1.16 bits per heavy atom. The summed E-state index contributed by atoms with van der Waals surface area (Å²) in [6.07, 6.45) is 4.11. The van der Waals surface area contributed by atoms with Gasteiger partial charge in [0.2, 0.25) is 5.88 Å². The zero-order valence-corrected chi connectivity index (χ0v) is 16.8. The monoisotopic (exact) mass is 428 g/mol. The van der Waals surface area contributed by atoms with Crippen LogP contribution >= 0.6 is 0 Å². The maximum absolute atomic E-state index is 12.8. The van der Waals surface area contributed by atoms with Crippen LogP contribution in [0.25, 0.3) is 27.8 Å². The average Bonchev–Trinajstić information content (AvgIpc) is 3.09. The number of fused-ring (bicyclic) bond motifs is 1. The number of methoxy groups -OCH3 is 2. The Morgan fingerprint density at radius 3 is 2.58 bits per heavy atom. The molecule has 0 saturated carbocycles. The molecule has 4 aromatic heterocycles. The second-order valence-corrected chi connectivity index (χ2v) is 6.75. The lowest BCUT2D eigenvalue weighted by atomic mass is 10.1. The molecule has 160 valence electrons. The number of aromatic hydroxyl groups is 1. The summed E-state index contributed by atoms with van der Waals surface area (Å²) in [4.78, 5) is 20.8. The molecule has 31 heavy (non-hydrogen) atoms. The summed E-state index contributed by atoms with van der Waals surface area (Å²) in [6.45, 7) is -1.14. The minimum atomic E-state index is -2.94. The number of rotatable bonds is 5. The fourth-order valence-corrected chi connectivity index (χ4v) is 3.39. The normalized spacial score (nSPS) is 11.3. The molecule has 0 saturated heterocycles. The summed E-state index contributed by atoms with van der Waals surface area (Å²) < 4.78 is 37.8. The number of aryl methyl sites for hydroxylation is 1. The van der Waals surface area contributed by atoms with E-state index in [9.17, 15) is 18.7 Å². The van der Waals surface area contributed by atoms with Crippen LogP contribution in [0.3, 0.4) is 0 Å². The second kappa shape index (κ2) is 7.71. The molecule has 0 fully saturated rings. The number of pyridine rings is 3. The minimum absolute atomic E-state index is 0.147. The highest BCUT2D eigenvalue weighted by atomic mass is 19.3. The van der Waals surface area contributed by atoms with E-state index in [0.717, 1.165) is 17.8 Å². The first kappa shape index (κ1) is 20.3. The van der Waals surface area contributed by atoms with Crippen molar-refractivity contribution >= 4 is 10.9 Å². The topological polar surface area (TPSA) is 91.4 Å². The van der Waals surface area contributed by atoms with Crippen molar-refractivity contribution in [3.63, 3.8) is 0 Å². The van der Waals surface area contributed by atoms with E-state index in [0.29, 0.717) is 38.4 Å². The van der Waals surface area contributed by atoms with E-state index in [1.807, 2.05) is 0 Å². The van der Waals surface area contributed by atoms with Gasteiger partial charge in [-0.25, -0.2) is 9.97 Å². The SMILES string of the molecule is COc1cc(-c2cc(C)c3c(O)n(-c4ccn(C(F)F)c(=O)c4)cc3n2)cnc1OC. The van der Waals surface area contributed by atoms with Crippen molar-refractivity contribution in [2.75, 3.05) is 14.2 Å². The molecule has 8 nitrogen and oxygen atoms in total. The Hall–Kier alpha value is -3.95. The zero-order valence-electron chi connectivity index (χ0n) is 16.8. The molecular weight excluding hydrogens is 410 g/mol. The van der Waals surface area contributed by atoms with Gasteiger partial charge in [0.1, 0.15) is 0 Å². The van der Waals surface area contributed by atoms with Crippen LogP contribution in [0.15, 0.2) is 47.7 Å². The number of ether oxygens (including phenoxy) is 2. The third-order valence-electron chi connectivity index (χ3n) is 4.90. The first-order valence-corrected chi connectivity index (χ1v) is 9.14. The van der Waals surface area contributed by atoms with Gasteiger partial charge in [-0.15, -0.1) is 0 Å². The fourth-order valence-electron chi connectivity index (χ4n) is 3.39. The van der Waals surface area contributed by atoms with Gasteiger partial charge in [0.05, 0.1) is 36.5 Å². The van der Waals surface area contributed by atoms with E-state index in [2.05, 4.69) is 9.97 Å². The van der Waals surface area contributed by atoms with Gasteiger partial charge in [-0.2, -0.15) is 8.78 Å². The third kappa shape index (κ3) is 3.45. The van der Waals surface area contributed by atoms with Crippen LogP contribution in [0.4, 0.5) is 8.78 Å². The first-order valence-electron chi connectivity index (χ1n) is 9.14. The number of nitrogens with zero attached hydrogens (tertiary/aromatic N) is 4. The Balaban J connectivity index is 1.85. The molecule has 4 rings (SSSR count). The van der Waals surface area contributed by atoms with E-state index in [-0.39, 0.29) is 11.6 Å². The van der Waals surface area contributed by atoms with Crippen molar-refractivity contribution in [1.29, 1.82) is 0 Å². The molecule has 0 aliphatic heterocycles. The van der Waals surface area contributed by atoms with Crippen molar-refractivity contribution in [3.05, 3.63) is 58.8 Å². The van der Waals surface area contributed by atoms with E-state index in [1.54, 1.807) is 25.3 Å². The average molecular weight is 428 g/mol. The maximum Gasteiger partial charge on any atom is 0.321 e. The predicted octanol–water partition coefficient (Wildman–Crippen LogP) is 3.68. The molecule has 0 aromatic carbocycles. The molecule has 0 radical (unpaired) electrons. The summed E-state index contributed by atoms with van der Waals surface area (Å²) in [5.74, 6) is 0.636. The quantitative estimate of drug-likeness (QED) is 0.522. The summed E-state index contributed by atoms with van der Waals surface area (Å²) >= 11 is 0. The maximum atomic E-state index is 12.8. The molecule has 4 heterocycles. The van der Waals surface area contributed by atoms with Crippen LogP contribution in [0.5, 0.6) is 17.5 Å². The number of alkyl halides is 2. The number of halogens is 2. The molecule has 10 heteroatoms. The number of hydrogen-bond acceptors (Lipinski definition) is 6. The van der Waals surface area contributed by atoms with Crippen LogP contribution in [-0.2, 0) is 0 Å². The molecule has 0 aliphatic rings. The summed E-state index contributed by atoms with van der Waals surface area (Å²) in [7, 11) is 3.00. The van der Waals surface area contributed by atoms with Crippen molar-refractivity contribution in [1.82, 2.24) is 19.1 Å². The van der Waals surface area contributed by atoms with Gasteiger partial charge in [-0.05, 0) is 30.7 Å². The molecule has 0 atom stereocenters. The summed E-state index contributed by atoms with van der Waals surface area (Å²) in [5.41, 5.74) is 1.81. The summed E-state index contributed by atoms with van der Waals surface area (Å²) in [6, 6.07) is 5.87. The fraction of sp³-hybridized carbons (Fsp3) is 0.190. The molecule has 1 N–H and O–H groups in total. The molecule has 0 unspecified atom stereocenters. The van der Waals surface area contributed by atoms with Gasteiger partial charge in [0.25, 0.3) is 11.4 Å². The largest absolute Gasteiger partial charge is 0.494 e. The van der Waals surface area contributed by atoms with Gasteiger partial charge >= 0.3 is 6.55 Å². The number of aromatic nitrogens is 4. The van der Waals surface area contributed by atoms with Crippen molar-refractivity contribution < 1.29 is 23.4 Å². The Bertz CT molecular complexity index is 1350. The Labute approximate surface area is 174 Å². The lowest BCUT2D eigenvalue weighted by Crippen LogP contribution is -2.19.